The van der Waals surface area contributed by atoms with E-state index in [0.29, 0.717) is 5.69 Å². The van der Waals surface area contributed by atoms with Gasteiger partial charge in [-0.05, 0) is 36.4 Å². The number of rotatable bonds is 5. The highest BCUT2D eigenvalue weighted by molar-refractivity contribution is 7.98. The summed E-state index contributed by atoms with van der Waals surface area (Å²) in [6.07, 6.45) is 2.72. The zero-order chi connectivity index (χ0) is 10.2. The molecule has 1 aromatic heterocycles. The van der Waals surface area contributed by atoms with Gasteiger partial charge in [0, 0.05) is 11.9 Å². The van der Waals surface area contributed by atoms with Crippen LogP contribution in [0.3, 0.4) is 0 Å². The van der Waals surface area contributed by atoms with Crippen molar-refractivity contribution >= 4 is 11.8 Å². The van der Waals surface area contributed by atoms with Crippen molar-refractivity contribution in [2.24, 2.45) is 5.73 Å². The average molecular weight is 207 g/mol. The molecule has 0 saturated carbocycles. The lowest BCUT2D eigenvalue weighted by Crippen LogP contribution is -1.99. The predicted molar refractivity (Wildman–Crippen MR) is 58.8 cm³/mol. The number of nitriles is 1. The number of hydrogen-bond acceptors (Lipinski definition) is 4. The van der Waals surface area contributed by atoms with E-state index in [4.69, 9.17) is 11.0 Å². The third-order valence-electron chi connectivity index (χ3n) is 1.70. The summed E-state index contributed by atoms with van der Waals surface area (Å²) in [5.74, 6) is 2.00. The highest BCUT2D eigenvalue weighted by Crippen LogP contribution is 2.12. The topological polar surface area (TPSA) is 62.7 Å². The molecule has 74 valence electrons. The molecule has 0 aliphatic heterocycles. The molecule has 14 heavy (non-hydrogen) atoms. The Morgan fingerprint density at radius 1 is 1.57 bits per heavy atom. The van der Waals surface area contributed by atoms with Crippen LogP contribution in [0.5, 0.6) is 0 Å². The summed E-state index contributed by atoms with van der Waals surface area (Å²) in [5, 5.41) is 8.64. The van der Waals surface area contributed by atoms with Crippen LogP contribution in [0.25, 0.3) is 0 Å². The number of pyridine rings is 1. The van der Waals surface area contributed by atoms with Crippen LogP contribution in [-0.4, -0.2) is 17.3 Å². The van der Waals surface area contributed by atoms with Crippen LogP contribution in [0, 0.1) is 11.3 Å². The first-order chi connectivity index (χ1) is 6.86. The standard InChI is InChI=1S/C10H13N3S/c11-3-1-5-14-8-9-2-4-13-10(6-9)7-12/h2,4,6H,1,3,5,8,11H2. The Hall–Kier alpha value is -1.05. The summed E-state index contributed by atoms with van der Waals surface area (Å²) in [4.78, 5) is 3.91. The molecule has 1 aromatic rings. The van der Waals surface area contributed by atoms with Crippen LogP contribution >= 0.6 is 11.8 Å². The van der Waals surface area contributed by atoms with Crippen LogP contribution < -0.4 is 5.73 Å². The van der Waals surface area contributed by atoms with Crippen molar-refractivity contribution in [2.75, 3.05) is 12.3 Å². The van der Waals surface area contributed by atoms with Gasteiger partial charge in [-0.1, -0.05) is 0 Å². The van der Waals surface area contributed by atoms with E-state index < -0.39 is 0 Å². The van der Waals surface area contributed by atoms with Gasteiger partial charge in [0.2, 0.25) is 0 Å². The van der Waals surface area contributed by atoms with Gasteiger partial charge in [0.1, 0.15) is 11.8 Å². The van der Waals surface area contributed by atoms with Crippen molar-refractivity contribution in [3.8, 4) is 6.07 Å². The van der Waals surface area contributed by atoms with E-state index in [1.54, 1.807) is 6.20 Å². The van der Waals surface area contributed by atoms with Gasteiger partial charge in [-0.25, -0.2) is 4.98 Å². The van der Waals surface area contributed by atoms with Crippen LogP contribution in [0.2, 0.25) is 0 Å². The van der Waals surface area contributed by atoms with Crippen molar-refractivity contribution in [1.82, 2.24) is 4.98 Å². The molecular formula is C10H13N3S. The normalized spacial score (nSPS) is 9.71. The fourth-order valence-electron chi connectivity index (χ4n) is 1.00. The molecule has 1 rings (SSSR count). The third-order valence-corrected chi connectivity index (χ3v) is 2.82. The van der Waals surface area contributed by atoms with Gasteiger partial charge in [-0.3, -0.25) is 0 Å². The van der Waals surface area contributed by atoms with Crippen LogP contribution in [-0.2, 0) is 5.75 Å². The minimum atomic E-state index is 0.488. The van der Waals surface area contributed by atoms with E-state index in [9.17, 15) is 0 Å². The second-order valence-corrected chi connectivity index (χ2v) is 3.96. The SMILES string of the molecule is N#Cc1cc(CSCCCN)ccn1. The number of thioether (sulfide) groups is 1. The van der Waals surface area contributed by atoms with Crippen LogP contribution in [0.4, 0.5) is 0 Å². The summed E-state index contributed by atoms with van der Waals surface area (Å²) in [7, 11) is 0. The second kappa shape index (κ2) is 6.41. The minimum Gasteiger partial charge on any atom is -0.330 e. The van der Waals surface area contributed by atoms with Gasteiger partial charge < -0.3 is 5.73 Å². The Morgan fingerprint density at radius 3 is 3.14 bits per heavy atom. The third kappa shape index (κ3) is 3.77. The summed E-state index contributed by atoms with van der Waals surface area (Å²) < 4.78 is 0. The number of hydrogen-bond donors (Lipinski definition) is 1. The highest BCUT2D eigenvalue weighted by atomic mass is 32.2. The summed E-state index contributed by atoms with van der Waals surface area (Å²) in [5.41, 5.74) is 7.03. The average Bonchev–Trinajstić information content (AvgIpc) is 2.25. The van der Waals surface area contributed by atoms with Crippen molar-refractivity contribution in [2.45, 2.75) is 12.2 Å². The molecule has 0 spiro atoms. The van der Waals surface area contributed by atoms with Gasteiger partial charge in [-0.2, -0.15) is 17.0 Å². The molecule has 3 nitrogen and oxygen atoms in total. The first kappa shape index (κ1) is 11.0. The zero-order valence-corrected chi connectivity index (χ0v) is 8.76. The van der Waals surface area contributed by atoms with Gasteiger partial charge in [0.15, 0.2) is 0 Å². The molecule has 0 amide bonds. The van der Waals surface area contributed by atoms with Crippen molar-refractivity contribution in [1.29, 1.82) is 5.26 Å². The molecule has 0 unspecified atom stereocenters. The fraction of sp³-hybridized carbons (Fsp3) is 0.400. The maximum Gasteiger partial charge on any atom is 0.140 e. The lowest BCUT2D eigenvalue weighted by atomic mass is 10.2. The van der Waals surface area contributed by atoms with E-state index in [1.165, 1.54) is 0 Å². The Kier molecular flexibility index (Phi) is 5.05. The maximum absolute atomic E-state index is 8.64. The Balaban J connectivity index is 2.39. The van der Waals surface area contributed by atoms with Crippen molar-refractivity contribution < 1.29 is 0 Å². The Bertz CT molecular complexity index is 319. The summed E-state index contributed by atoms with van der Waals surface area (Å²) in [6.45, 7) is 0.743. The fourth-order valence-corrected chi connectivity index (χ4v) is 1.93. The van der Waals surface area contributed by atoms with Gasteiger partial charge in [0.25, 0.3) is 0 Å². The molecule has 1 heterocycles. The van der Waals surface area contributed by atoms with E-state index in [-0.39, 0.29) is 0 Å². The van der Waals surface area contributed by atoms with Crippen molar-refractivity contribution in [3.63, 3.8) is 0 Å². The number of nitrogens with two attached hydrogens (primary N) is 1. The lowest BCUT2D eigenvalue weighted by Gasteiger charge is -2.00. The molecule has 0 atom stereocenters. The smallest absolute Gasteiger partial charge is 0.140 e. The number of aromatic nitrogens is 1. The first-order valence-electron chi connectivity index (χ1n) is 4.49. The molecule has 0 saturated heterocycles. The molecule has 0 fully saturated rings. The molecule has 0 radical (unpaired) electrons. The van der Waals surface area contributed by atoms with Gasteiger partial charge in [0.05, 0.1) is 0 Å². The quantitative estimate of drug-likeness (QED) is 0.744. The Morgan fingerprint density at radius 2 is 2.43 bits per heavy atom. The second-order valence-electron chi connectivity index (χ2n) is 2.86. The van der Waals surface area contributed by atoms with Crippen LogP contribution in [0.15, 0.2) is 18.3 Å². The first-order valence-corrected chi connectivity index (χ1v) is 5.65. The van der Waals surface area contributed by atoms with E-state index >= 15 is 0 Å². The van der Waals surface area contributed by atoms with E-state index in [1.807, 2.05) is 30.0 Å². The molecular weight excluding hydrogens is 194 g/mol. The van der Waals surface area contributed by atoms with E-state index in [2.05, 4.69) is 4.98 Å². The van der Waals surface area contributed by atoms with Gasteiger partial charge >= 0.3 is 0 Å². The predicted octanol–water partition coefficient (Wildman–Crippen LogP) is 1.54. The van der Waals surface area contributed by atoms with Crippen LogP contribution in [0.1, 0.15) is 17.7 Å². The zero-order valence-electron chi connectivity index (χ0n) is 7.94. The van der Waals surface area contributed by atoms with Crippen molar-refractivity contribution in [3.05, 3.63) is 29.6 Å². The molecule has 0 bridgehead atoms. The molecule has 0 aliphatic rings. The lowest BCUT2D eigenvalue weighted by molar-refractivity contribution is 0.943. The minimum absolute atomic E-state index is 0.488. The van der Waals surface area contributed by atoms with Gasteiger partial charge in [-0.15, -0.1) is 0 Å². The largest absolute Gasteiger partial charge is 0.330 e. The molecule has 4 heteroatoms. The monoisotopic (exact) mass is 207 g/mol. The summed E-state index contributed by atoms with van der Waals surface area (Å²) in [6, 6.07) is 5.80. The van der Waals surface area contributed by atoms with E-state index in [0.717, 1.165) is 30.0 Å². The highest BCUT2D eigenvalue weighted by Gasteiger charge is 1.96. The molecule has 0 aliphatic carbocycles. The number of nitrogens with zero attached hydrogens (tertiary/aromatic N) is 2. The molecule has 0 aromatic carbocycles. The Labute approximate surface area is 88.3 Å². The maximum atomic E-state index is 8.64. The summed E-state index contributed by atoms with van der Waals surface area (Å²) >= 11 is 1.83. The molecule has 2 N–H and O–H groups in total.